The van der Waals surface area contributed by atoms with Gasteiger partial charge >= 0.3 is 0 Å². The highest BCUT2D eigenvalue weighted by molar-refractivity contribution is 14.0. The van der Waals surface area contributed by atoms with Crippen LogP contribution < -0.4 is 15.4 Å². The van der Waals surface area contributed by atoms with Gasteiger partial charge in [-0.05, 0) is 19.4 Å². The molecule has 0 unspecified atom stereocenters. The van der Waals surface area contributed by atoms with E-state index < -0.39 is 10.0 Å². The summed E-state index contributed by atoms with van der Waals surface area (Å²) in [5, 5.41) is 6.44. The van der Waals surface area contributed by atoms with Crippen molar-refractivity contribution in [1.82, 2.24) is 14.9 Å². The topological polar surface area (TPSA) is 83.0 Å². The molecule has 0 spiro atoms. The number of hydrogen-bond acceptors (Lipinski definition) is 4. The smallest absolute Gasteiger partial charge is 0.211 e. The quantitative estimate of drug-likeness (QED) is 0.145. The lowest BCUT2D eigenvalue weighted by molar-refractivity contribution is 0.359. The molecule has 0 bridgehead atoms. The Hall–Kier alpha value is -1.33. The number of para-hydroxylation sites is 1. The van der Waals surface area contributed by atoms with Gasteiger partial charge in [-0.15, -0.1) is 24.0 Å². The molecule has 0 saturated heterocycles. The monoisotopic (exact) mass is 524 g/mol. The minimum absolute atomic E-state index is 0. The molecule has 0 aliphatic heterocycles. The summed E-state index contributed by atoms with van der Waals surface area (Å²) in [5.41, 5.74) is 0.991. The molecule has 9 heteroatoms. The maximum absolute atomic E-state index is 11.6. The van der Waals surface area contributed by atoms with E-state index in [1.807, 2.05) is 38.1 Å². The predicted molar refractivity (Wildman–Crippen MR) is 127 cm³/mol. The predicted octanol–water partition coefficient (Wildman–Crippen LogP) is 2.60. The van der Waals surface area contributed by atoms with Crippen LogP contribution in [-0.4, -0.2) is 57.7 Å². The van der Waals surface area contributed by atoms with Crippen LogP contribution in [-0.2, 0) is 16.6 Å². The largest absolute Gasteiger partial charge is 0.489 e. The van der Waals surface area contributed by atoms with Crippen molar-refractivity contribution in [3.63, 3.8) is 0 Å². The van der Waals surface area contributed by atoms with Gasteiger partial charge in [0.15, 0.2) is 5.96 Å². The Morgan fingerprint density at radius 2 is 2.00 bits per heavy atom. The van der Waals surface area contributed by atoms with Gasteiger partial charge in [-0.2, -0.15) is 0 Å². The molecular formula is C19H33IN4O3S. The SMILES string of the molecule is C=CCOc1ccccc1CN=C(NCC)NCCCN(CC)S(C)(=O)=O.I. The number of halogens is 1. The molecule has 0 atom stereocenters. The Morgan fingerprint density at radius 3 is 2.61 bits per heavy atom. The van der Waals surface area contributed by atoms with Crippen LogP contribution in [0.2, 0.25) is 0 Å². The summed E-state index contributed by atoms with van der Waals surface area (Å²) < 4.78 is 30.3. The lowest BCUT2D eigenvalue weighted by atomic mass is 10.2. The van der Waals surface area contributed by atoms with E-state index in [2.05, 4.69) is 22.2 Å². The molecule has 1 aromatic rings. The van der Waals surface area contributed by atoms with Crippen molar-refractivity contribution >= 4 is 40.0 Å². The first-order valence-corrected chi connectivity index (χ1v) is 11.1. The second-order valence-corrected chi connectivity index (χ2v) is 7.92. The van der Waals surface area contributed by atoms with E-state index in [0.717, 1.165) is 17.9 Å². The highest BCUT2D eigenvalue weighted by Crippen LogP contribution is 2.18. The first-order chi connectivity index (χ1) is 12.9. The summed E-state index contributed by atoms with van der Waals surface area (Å²) in [4.78, 5) is 4.59. The summed E-state index contributed by atoms with van der Waals surface area (Å²) in [6.07, 6.45) is 3.65. The lowest BCUT2D eigenvalue weighted by Crippen LogP contribution is -2.39. The Balaban J connectivity index is 0.00000729. The molecule has 0 aliphatic carbocycles. The average Bonchev–Trinajstić information content (AvgIpc) is 2.63. The second-order valence-electron chi connectivity index (χ2n) is 5.94. The Morgan fingerprint density at radius 1 is 1.29 bits per heavy atom. The number of nitrogens with zero attached hydrogens (tertiary/aromatic N) is 2. The molecule has 0 heterocycles. The normalized spacial score (nSPS) is 11.6. The van der Waals surface area contributed by atoms with Crippen LogP contribution in [0.25, 0.3) is 0 Å². The number of aliphatic imine (C=N–C) groups is 1. The number of guanidine groups is 1. The van der Waals surface area contributed by atoms with Crippen molar-refractivity contribution in [3.05, 3.63) is 42.5 Å². The maximum Gasteiger partial charge on any atom is 0.211 e. The van der Waals surface area contributed by atoms with Crippen molar-refractivity contribution in [2.24, 2.45) is 4.99 Å². The Bertz CT molecular complexity index is 711. The molecule has 0 fully saturated rings. The van der Waals surface area contributed by atoms with Crippen LogP contribution in [0.3, 0.4) is 0 Å². The zero-order chi connectivity index (χ0) is 20.1. The van der Waals surface area contributed by atoms with Crippen molar-refractivity contribution in [2.45, 2.75) is 26.8 Å². The summed E-state index contributed by atoms with van der Waals surface area (Å²) in [6, 6.07) is 7.78. The van der Waals surface area contributed by atoms with Crippen LogP contribution in [0.15, 0.2) is 41.9 Å². The zero-order valence-corrected chi connectivity index (χ0v) is 20.1. The van der Waals surface area contributed by atoms with Crippen LogP contribution >= 0.6 is 24.0 Å². The van der Waals surface area contributed by atoms with Gasteiger partial charge in [0, 0.05) is 31.7 Å². The van der Waals surface area contributed by atoms with Gasteiger partial charge in [-0.25, -0.2) is 17.7 Å². The number of nitrogens with one attached hydrogen (secondary N) is 2. The Labute approximate surface area is 186 Å². The van der Waals surface area contributed by atoms with Gasteiger partial charge in [0.05, 0.1) is 12.8 Å². The molecule has 1 rings (SSSR count). The number of rotatable bonds is 12. The minimum Gasteiger partial charge on any atom is -0.489 e. The number of benzene rings is 1. The fraction of sp³-hybridized carbons (Fsp3) is 0.526. The molecule has 160 valence electrons. The van der Waals surface area contributed by atoms with Crippen molar-refractivity contribution in [1.29, 1.82) is 0 Å². The van der Waals surface area contributed by atoms with Gasteiger partial charge in [0.2, 0.25) is 10.0 Å². The zero-order valence-electron chi connectivity index (χ0n) is 17.0. The fourth-order valence-corrected chi connectivity index (χ4v) is 3.38. The van der Waals surface area contributed by atoms with Gasteiger partial charge in [0.1, 0.15) is 12.4 Å². The molecular weight excluding hydrogens is 491 g/mol. The van der Waals surface area contributed by atoms with Gasteiger partial charge in [0.25, 0.3) is 0 Å². The molecule has 1 aromatic carbocycles. The van der Waals surface area contributed by atoms with Gasteiger partial charge in [-0.3, -0.25) is 0 Å². The van der Waals surface area contributed by atoms with E-state index in [1.165, 1.54) is 10.6 Å². The van der Waals surface area contributed by atoms with Crippen LogP contribution in [0.5, 0.6) is 5.75 Å². The number of sulfonamides is 1. The van der Waals surface area contributed by atoms with E-state index in [0.29, 0.717) is 45.2 Å². The van der Waals surface area contributed by atoms with E-state index >= 15 is 0 Å². The van der Waals surface area contributed by atoms with Crippen molar-refractivity contribution in [3.8, 4) is 5.75 Å². The van der Waals surface area contributed by atoms with Crippen molar-refractivity contribution < 1.29 is 13.2 Å². The third-order valence-electron chi connectivity index (χ3n) is 3.78. The second kappa shape index (κ2) is 14.6. The molecule has 2 N–H and O–H groups in total. The van der Waals surface area contributed by atoms with E-state index in [-0.39, 0.29) is 24.0 Å². The van der Waals surface area contributed by atoms with Gasteiger partial charge in [-0.1, -0.05) is 37.8 Å². The standard InChI is InChI=1S/C19H32N4O3S.HI/c1-5-15-26-18-12-9-8-11-17(18)16-22-19(20-6-2)21-13-10-14-23(7-3)27(4,24)25;/h5,8-9,11-12H,1,6-7,10,13-16H2,2-4H3,(H2,20,21,22);1H. The summed E-state index contributed by atoms with van der Waals surface area (Å²) in [7, 11) is -3.15. The van der Waals surface area contributed by atoms with Gasteiger partial charge < -0.3 is 15.4 Å². The molecule has 0 saturated carbocycles. The molecule has 7 nitrogen and oxygen atoms in total. The fourth-order valence-electron chi connectivity index (χ4n) is 2.45. The first-order valence-electron chi connectivity index (χ1n) is 9.21. The highest BCUT2D eigenvalue weighted by atomic mass is 127. The maximum atomic E-state index is 11.6. The molecule has 0 aromatic heterocycles. The third-order valence-corrected chi connectivity index (χ3v) is 5.16. The molecule has 0 radical (unpaired) electrons. The van der Waals surface area contributed by atoms with E-state index in [4.69, 9.17) is 4.74 Å². The third kappa shape index (κ3) is 10.3. The average molecular weight is 524 g/mol. The van der Waals surface area contributed by atoms with Crippen LogP contribution in [0.1, 0.15) is 25.8 Å². The molecule has 0 aliphatic rings. The molecule has 28 heavy (non-hydrogen) atoms. The summed E-state index contributed by atoms with van der Waals surface area (Å²) >= 11 is 0. The number of ether oxygens (including phenoxy) is 1. The first kappa shape index (κ1) is 26.7. The minimum atomic E-state index is -3.15. The summed E-state index contributed by atoms with van der Waals surface area (Å²) in [5.74, 6) is 1.49. The van der Waals surface area contributed by atoms with Crippen LogP contribution in [0, 0.1) is 0 Å². The van der Waals surface area contributed by atoms with E-state index in [9.17, 15) is 8.42 Å². The van der Waals surface area contributed by atoms with Crippen LogP contribution in [0.4, 0.5) is 0 Å². The van der Waals surface area contributed by atoms with E-state index in [1.54, 1.807) is 6.08 Å². The summed E-state index contributed by atoms with van der Waals surface area (Å²) in [6.45, 7) is 10.8. The van der Waals surface area contributed by atoms with Crippen molar-refractivity contribution in [2.75, 3.05) is 39.0 Å². The number of hydrogen-bond donors (Lipinski definition) is 2. The highest BCUT2D eigenvalue weighted by Gasteiger charge is 2.13. The lowest BCUT2D eigenvalue weighted by Gasteiger charge is -2.18. The Kier molecular flexibility index (Phi) is 13.9. The molecule has 0 amide bonds.